The molecule has 146 valence electrons. The first-order chi connectivity index (χ1) is 13.0. The standard InChI is InChI=1S/C19H27N5O2S/c1-5-20-19(22-12-10-15-9-7-8-11-21-15)24-14(4)17-23-13(3)16(27-17)18(25)26-6-2/h7-9,11,14H,5-6,10,12H2,1-4H3,(H2,20,22,24). The minimum atomic E-state index is -0.318. The Hall–Kier alpha value is -2.48. The van der Waals surface area contributed by atoms with Crippen molar-refractivity contribution in [1.82, 2.24) is 20.6 Å². The number of aromatic nitrogens is 2. The molecule has 2 N–H and O–H groups in total. The number of hydrogen-bond donors (Lipinski definition) is 2. The van der Waals surface area contributed by atoms with E-state index in [0.29, 0.717) is 29.7 Å². The van der Waals surface area contributed by atoms with Gasteiger partial charge in [0, 0.05) is 31.4 Å². The zero-order chi connectivity index (χ0) is 19.6. The summed E-state index contributed by atoms with van der Waals surface area (Å²) < 4.78 is 5.09. The Balaban J connectivity index is 2.01. The van der Waals surface area contributed by atoms with Gasteiger partial charge >= 0.3 is 5.97 Å². The Kier molecular flexibility index (Phi) is 8.19. The summed E-state index contributed by atoms with van der Waals surface area (Å²) in [6.07, 6.45) is 2.56. The van der Waals surface area contributed by atoms with Gasteiger partial charge in [0.25, 0.3) is 0 Å². The highest BCUT2D eigenvalue weighted by molar-refractivity contribution is 7.13. The number of hydrogen-bond acceptors (Lipinski definition) is 6. The van der Waals surface area contributed by atoms with Crippen LogP contribution in [0.25, 0.3) is 0 Å². The lowest BCUT2D eigenvalue weighted by molar-refractivity contribution is 0.0531. The lowest BCUT2D eigenvalue weighted by atomic mass is 10.3. The molecule has 2 aromatic heterocycles. The summed E-state index contributed by atoms with van der Waals surface area (Å²) in [6.45, 7) is 9.38. The fourth-order valence-electron chi connectivity index (χ4n) is 2.40. The average Bonchev–Trinajstić information content (AvgIpc) is 3.05. The Bertz CT molecular complexity index is 761. The third-order valence-corrected chi connectivity index (χ3v) is 5.03. The number of aryl methyl sites for hydroxylation is 1. The van der Waals surface area contributed by atoms with E-state index < -0.39 is 0 Å². The molecule has 0 aliphatic rings. The molecule has 8 heteroatoms. The maximum absolute atomic E-state index is 12.0. The maximum atomic E-state index is 12.0. The number of esters is 1. The summed E-state index contributed by atoms with van der Waals surface area (Å²) in [6, 6.07) is 5.79. The number of nitrogens with zero attached hydrogens (tertiary/aromatic N) is 3. The number of carbonyl (C=O) groups is 1. The first-order valence-corrected chi connectivity index (χ1v) is 9.96. The second-order valence-corrected chi connectivity index (χ2v) is 6.92. The van der Waals surface area contributed by atoms with Gasteiger partial charge in [-0.15, -0.1) is 11.3 Å². The molecule has 7 nitrogen and oxygen atoms in total. The predicted molar refractivity (Wildman–Crippen MR) is 108 cm³/mol. The molecule has 0 aromatic carbocycles. The van der Waals surface area contributed by atoms with Crippen LogP contribution in [0.15, 0.2) is 29.4 Å². The van der Waals surface area contributed by atoms with Crippen molar-refractivity contribution in [2.24, 2.45) is 4.99 Å². The second-order valence-electron chi connectivity index (χ2n) is 5.88. The zero-order valence-electron chi connectivity index (χ0n) is 16.3. The summed E-state index contributed by atoms with van der Waals surface area (Å²) in [5.41, 5.74) is 1.71. The van der Waals surface area contributed by atoms with Gasteiger partial charge in [0.05, 0.1) is 18.3 Å². The molecule has 0 saturated carbocycles. The van der Waals surface area contributed by atoms with E-state index in [2.05, 4.69) is 25.6 Å². The third-order valence-electron chi connectivity index (χ3n) is 3.71. The van der Waals surface area contributed by atoms with E-state index in [4.69, 9.17) is 4.74 Å². The molecule has 0 amide bonds. The van der Waals surface area contributed by atoms with Crippen LogP contribution >= 0.6 is 11.3 Å². The van der Waals surface area contributed by atoms with Crippen LogP contribution in [0.2, 0.25) is 0 Å². The number of guanidine groups is 1. The van der Waals surface area contributed by atoms with Gasteiger partial charge in [0.2, 0.25) is 0 Å². The highest BCUT2D eigenvalue weighted by atomic mass is 32.1. The smallest absolute Gasteiger partial charge is 0.350 e. The van der Waals surface area contributed by atoms with Crippen molar-refractivity contribution in [3.8, 4) is 0 Å². The van der Waals surface area contributed by atoms with E-state index in [1.165, 1.54) is 11.3 Å². The molecule has 0 saturated heterocycles. The molecule has 0 aliphatic heterocycles. The quantitative estimate of drug-likeness (QED) is 0.410. The number of carbonyl (C=O) groups excluding carboxylic acids is 1. The van der Waals surface area contributed by atoms with E-state index >= 15 is 0 Å². The Labute approximate surface area is 164 Å². The molecule has 0 aliphatic carbocycles. The molecule has 0 radical (unpaired) electrons. The van der Waals surface area contributed by atoms with Gasteiger partial charge in [0.1, 0.15) is 9.88 Å². The SMILES string of the molecule is CCNC(=NCCc1ccccn1)NC(C)c1nc(C)c(C(=O)OCC)s1. The molecule has 2 aromatic rings. The summed E-state index contributed by atoms with van der Waals surface area (Å²) in [7, 11) is 0. The van der Waals surface area contributed by atoms with E-state index in [1.807, 2.05) is 39.0 Å². The monoisotopic (exact) mass is 389 g/mol. The average molecular weight is 390 g/mol. The number of rotatable bonds is 8. The second kappa shape index (κ2) is 10.6. The Morgan fingerprint density at radius 2 is 2.19 bits per heavy atom. The molecule has 0 spiro atoms. The minimum Gasteiger partial charge on any atom is -0.462 e. The predicted octanol–water partition coefficient (Wildman–Crippen LogP) is 2.88. The maximum Gasteiger partial charge on any atom is 0.350 e. The lowest BCUT2D eigenvalue weighted by Crippen LogP contribution is -2.38. The van der Waals surface area contributed by atoms with Crippen LogP contribution in [-0.4, -0.2) is 41.6 Å². The van der Waals surface area contributed by atoms with Crippen LogP contribution in [0, 0.1) is 6.92 Å². The van der Waals surface area contributed by atoms with Gasteiger partial charge in [0.15, 0.2) is 5.96 Å². The van der Waals surface area contributed by atoms with Crippen LogP contribution in [-0.2, 0) is 11.2 Å². The van der Waals surface area contributed by atoms with E-state index in [9.17, 15) is 4.79 Å². The van der Waals surface area contributed by atoms with E-state index in [-0.39, 0.29) is 12.0 Å². The zero-order valence-corrected chi connectivity index (χ0v) is 17.1. The first-order valence-electron chi connectivity index (χ1n) is 9.14. The Morgan fingerprint density at radius 3 is 2.85 bits per heavy atom. The van der Waals surface area contributed by atoms with Gasteiger partial charge < -0.3 is 15.4 Å². The molecule has 1 unspecified atom stereocenters. The van der Waals surface area contributed by atoms with Crippen molar-refractivity contribution in [2.45, 2.75) is 40.2 Å². The summed E-state index contributed by atoms with van der Waals surface area (Å²) >= 11 is 1.36. The van der Waals surface area contributed by atoms with E-state index in [0.717, 1.165) is 23.7 Å². The summed E-state index contributed by atoms with van der Waals surface area (Å²) in [5.74, 6) is 0.397. The van der Waals surface area contributed by atoms with Crippen LogP contribution in [0.1, 0.15) is 52.9 Å². The highest BCUT2D eigenvalue weighted by Crippen LogP contribution is 2.24. The van der Waals surface area contributed by atoms with Crippen molar-refractivity contribution in [3.05, 3.63) is 45.7 Å². The fourth-order valence-corrected chi connectivity index (χ4v) is 3.37. The lowest BCUT2D eigenvalue weighted by Gasteiger charge is -2.16. The first kappa shape index (κ1) is 20.8. The van der Waals surface area contributed by atoms with Crippen LogP contribution in [0.3, 0.4) is 0 Å². The summed E-state index contributed by atoms with van der Waals surface area (Å²) in [4.78, 5) is 26.0. The number of nitrogens with one attached hydrogen (secondary N) is 2. The molecule has 27 heavy (non-hydrogen) atoms. The normalized spacial score (nSPS) is 12.5. The molecular weight excluding hydrogens is 362 g/mol. The molecule has 2 rings (SSSR count). The van der Waals surface area contributed by atoms with E-state index in [1.54, 1.807) is 13.1 Å². The molecule has 1 atom stereocenters. The van der Waals surface area contributed by atoms with Crippen molar-refractivity contribution < 1.29 is 9.53 Å². The Morgan fingerprint density at radius 1 is 1.37 bits per heavy atom. The molecule has 0 fully saturated rings. The van der Waals surface area contributed by atoms with Crippen LogP contribution in [0.4, 0.5) is 0 Å². The minimum absolute atomic E-state index is 0.0791. The van der Waals surface area contributed by atoms with Gasteiger partial charge in [-0.05, 0) is 39.8 Å². The van der Waals surface area contributed by atoms with Gasteiger partial charge in [-0.3, -0.25) is 9.98 Å². The third kappa shape index (κ3) is 6.32. The van der Waals surface area contributed by atoms with Gasteiger partial charge in [-0.2, -0.15) is 0 Å². The van der Waals surface area contributed by atoms with Gasteiger partial charge in [-0.25, -0.2) is 9.78 Å². The van der Waals surface area contributed by atoms with Crippen molar-refractivity contribution in [2.75, 3.05) is 19.7 Å². The van der Waals surface area contributed by atoms with Gasteiger partial charge in [-0.1, -0.05) is 6.07 Å². The number of thiazole rings is 1. The van der Waals surface area contributed by atoms with Crippen LogP contribution in [0.5, 0.6) is 0 Å². The number of ether oxygens (including phenoxy) is 1. The van der Waals surface area contributed by atoms with Crippen molar-refractivity contribution >= 4 is 23.3 Å². The summed E-state index contributed by atoms with van der Waals surface area (Å²) in [5, 5.41) is 7.41. The highest BCUT2D eigenvalue weighted by Gasteiger charge is 2.20. The molecule has 2 heterocycles. The van der Waals surface area contributed by atoms with Crippen molar-refractivity contribution in [3.63, 3.8) is 0 Å². The number of aliphatic imine (C=N–C) groups is 1. The topological polar surface area (TPSA) is 88.5 Å². The molecular formula is C19H27N5O2S. The largest absolute Gasteiger partial charge is 0.462 e. The van der Waals surface area contributed by atoms with Crippen molar-refractivity contribution in [1.29, 1.82) is 0 Å². The number of pyridine rings is 1. The molecule has 0 bridgehead atoms. The van der Waals surface area contributed by atoms with Crippen LogP contribution < -0.4 is 10.6 Å². The fraction of sp³-hybridized carbons (Fsp3) is 0.474.